The SMILES string of the molecule is CCOC(=O)c1ccc(NC(=O)C(=O)N(C)Cc2ccccc2)cc1. The smallest absolute Gasteiger partial charge is 0.338 e. The Balaban J connectivity index is 1.94. The van der Waals surface area contributed by atoms with Gasteiger partial charge in [-0.3, -0.25) is 9.59 Å². The van der Waals surface area contributed by atoms with Crippen molar-refractivity contribution in [3.8, 4) is 0 Å². The van der Waals surface area contributed by atoms with Crippen LogP contribution in [0, 0.1) is 0 Å². The fraction of sp³-hybridized carbons (Fsp3) is 0.211. The third kappa shape index (κ3) is 5.17. The molecule has 25 heavy (non-hydrogen) atoms. The molecule has 1 N–H and O–H groups in total. The molecule has 2 aromatic carbocycles. The summed E-state index contributed by atoms with van der Waals surface area (Å²) < 4.78 is 4.89. The van der Waals surface area contributed by atoms with Crippen molar-refractivity contribution in [2.24, 2.45) is 0 Å². The Morgan fingerprint density at radius 2 is 1.64 bits per heavy atom. The van der Waals surface area contributed by atoms with Crippen LogP contribution in [0.4, 0.5) is 5.69 Å². The predicted octanol–water partition coefficient (Wildman–Crippen LogP) is 2.46. The van der Waals surface area contributed by atoms with E-state index >= 15 is 0 Å². The summed E-state index contributed by atoms with van der Waals surface area (Å²) in [5.41, 5.74) is 1.75. The van der Waals surface area contributed by atoms with Gasteiger partial charge in [0.1, 0.15) is 0 Å². The molecule has 0 saturated carbocycles. The van der Waals surface area contributed by atoms with Gasteiger partial charge in [0, 0.05) is 19.3 Å². The van der Waals surface area contributed by atoms with Gasteiger partial charge in [-0.25, -0.2) is 4.79 Å². The minimum Gasteiger partial charge on any atom is -0.462 e. The zero-order chi connectivity index (χ0) is 18.2. The molecule has 0 fully saturated rings. The van der Waals surface area contributed by atoms with Crippen molar-refractivity contribution in [2.75, 3.05) is 19.0 Å². The van der Waals surface area contributed by atoms with Crippen molar-refractivity contribution in [3.05, 3.63) is 65.7 Å². The lowest BCUT2D eigenvalue weighted by Crippen LogP contribution is -2.36. The molecule has 0 aromatic heterocycles. The zero-order valence-electron chi connectivity index (χ0n) is 14.2. The molecule has 6 nitrogen and oxygen atoms in total. The quantitative estimate of drug-likeness (QED) is 0.670. The fourth-order valence-electron chi connectivity index (χ4n) is 2.19. The summed E-state index contributed by atoms with van der Waals surface area (Å²) in [6.45, 7) is 2.36. The van der Waals surface area contributed by atoms with Crippen molar-refractivity contribution in [3.63, 3.8) is 0 Å². The number of anilines is 1. The normalized spacial score (nSPS) is 10.0. The Morgan fingerprint density at radius 1 is 1.00 bits per heavy atom. The third-order valence-corrected chi connectivity index (χ3v) is 3.46. The van der Waals surface area contributed by atoms with Crippen LogP contribution in [-0.4, -0.2) is 36.3 Å². The molecule has 130 valence electrons. The summed E-state index contributed by atoms with van der Waals surface area (Å²) in [7, 11) is 1.57. The maximum absolute atomic E-state index is 12.2. The van der Waals surface area contributed by atoms with Gasteiger partial charge >= 0.3 is 17.8 Å². The third-order valence-electron chi connectivity index (χ3n) is 3.46. The van der Waals surface area contributed by atoms with Crippen LogP contribution in [0.15, 0.2) is 54.6 Å². The molecule has 6 heteroatoms. The number of amides is 2. The molecule has 2 aromatic rings. The molecule has 0 atom stereocenters. The molecule has 2 amide bonds. The number of nitrogens with one attached hydrogen (secondary N) is 1. The molecular weight excluding hydrogens is 320 g/mol. The van der Waals surface area contributed by atoms with E-state index in [0.29, 0.717) is 24.4 Å². The number of hydrogen-bond donors (Lipinski definition) is 1. The largest absolute Gasteiger partial charge is 0.462 e. The van der Waals surface area contributed by atoms with E-state index < -0.39 is 17.8 Å². The van der Waals surface area contributed by atoms with Gasteiger partial charge in [0.25, 0.3) is 0 Å². The number of likely N-dealkylation sites (N-methyl/N-ethyl adjacent to an activating group) is 1. The van der Waals surface area contributed by atoms with Crippen LogP contribution >= 0.6 is 0 Å². The highest BCUT2D eigenvalue weighted by molar-refractivity contribution is 6.39. The van der Waals surface area contributed by atoms with Crippen LogP contribution in [0.5, 0.6) is 0 Å². The highest BCUT2D eigenvalue weighted by Gasteiger charge is 2.19. The van der Waals surface area contributed by atoms with Gasteiger partial charge in [-0.15, -0.1) is 0 Å². The molecule has 0 aliphatic heterocycles. The Labute approximate surface area is 146 Å². The number of ether oxygens (including phenoxy) is 1. The lowest BCUT2D eigenvalue weighted by Gasteiger charge is -2.16. The summed E-state index contributed by atoms with van der Waals surface area (Å²) in [5.74, 6) is -1.81. The zero-order valence-corrected chi connectivity index (χ0v) is 14.2. The first-order chi connectivity index (χ1) is 12.0. The Kier molecular flexibility index (Phi) is 6.28. The van der Waals surface area contributed by atoms with Gasteiger partial charge in [-0.2, -0.15) is 0 Å². The Hall–Kier alpha value is -3.15. The van der Waals surface area contributed by atoms with Crippen LogP contribution in [0.2, 0.25) is 0 Å². The number of carbonyl (C=O) groups is 3. The molecule has 0 heterocycles. The number of rotatable bonds is 5. The van der Waals surface area contributed by atoms with Crippen molar-refractivity contribution in [1.29, 1.82) is 0 Å². The Morgan fingerprint density at radius 3 is 2.24 bits per heavy atom. The number of nitrogens with zero attached hydrogens (tertiary/aromatic N) is 1. The fourth-order valence-corrected chi connectivity index (χ4v) is 2.19. The lowest BCUT2D eigenvalue weighted by molar-refractivity contribution is -0.142. The number of esters is 1. The molecule has 0 aliphatic rings. The van der Waals surface area contributed by atoms with Gasteiger partial charge in [0.15, 0.2) is 0 Å². The number of carbonyl (C=O) groups excluding carboxylic acids is 3. The number of benzene rings is 2. The van der Waals surface area contributed by atoms with E-state index in [2.05, 4.69) is 5.32 Å². The van der Waals surface area contributed by atoms with E-state index in [1.165, 1.54) is 17.0 Å². The second kappa shape index (κ2) is 8.63. The van der Waals surface area contributed by atoms with Gasteiger partial charge in [0.05, 0.1) is 12.2 Å². The first-order valence-corrected chi connectivity index (χ1v) is 7.88. The van der Waals surface area contributed by atoms with Gasteiger partial charge in [-0.1, -0.05) is 30.3 Å². The van der Waals surface area contributed by atoms with Gasteiger partial charge < -0.3 is 15.0 Å². The topological polar surface area (TPSA) is 75.7 Å². The molecule has 0 unspecified atom stereocenters. The van der Waals surface area contributed by atoms with Crippen molar-refractivity contribution in [2.45, 2.75) is 13.5 Å². The Bertz CT molecular complexity index is 742. The van der Waals surface area contributed by atoms with Crippen LogP contribution < -0.4 is 5.32 Å². The van der Waals surface area contributed by atoms with Gasteiger partial charge in [0.2, 0.25) is 0 Å². The molecule has 0 aliphatic carbocycles. The van der Waals surface area contributed by atoms with E-state index in [-0.39, 0.29) is 0 Å². The van der Waals surface area contributed by atoms with E-state index in [1.54, 1.807) is 26.1 Å². The lowest BCUT2D eigenvalue weighted by atomic mass is 10.2. The first-order valence-electron chi connectivity index (χ1n) is 7.88. The van der Waals surface area contributed by atoms with Crippen molar-refractivity contribution >= 4 is 23.5 Å². The van der Waals surface area contributed by atoms with Crippen molar-refractivity contribution < 1.29 is 19.1 Å². The summed E-state index contributed by atoms with van der Waals surface area (Å²) in [6, 6.07) is 15.6. The predicted molar refractivity (Wildman–Crippen MR) is 93.9 cm³/mol. The van der Waals surface area contributed by atoms with Crippen LogP contribution in [0.25, 0.3) is 0 Å². The molecule has 2 rings (SSSR count). The average Bonchev–Trinajstić information content (AvgIpc) is 2.62. The molecule has 0 saturated heterocycles. The molecule has 0 bridgehead atoms. The summed E-state index contributed by atoms with van der Waals surface area (Å²) in [6.07, 6.45) is 0. The molecular formula is C19H20N2O4. The monoisotopic (exact) mass is 340 g/mol. The van der Waals surface area contributed by atoms with Crippen molar-refractivity contribution in [1.82, 2.24) is 4.90 Å². The van der Waals surface area contributed by atoms with E-state index in [4.69, 9.17) is 4.74 Å². The molecule has 0 radical (unpaired) electrons. The van der Waals surface area contributed by atoms with E-state index in [9.17, 15) is 14.4 Å². The van der Waals surface area contributed by atoms with Crippen LogP contribution in [-0.2, 0) is 20.9 Å². The summed E-state index contributed by atoms with van der Waals surface area (Å²) in [5, 5.41) is 2.52. The van der Waals surface area contributed by atoms with E-state index in [0.717, 1.165) is 5.56 Å². The average molecular weight is 340 g/mol. The van der Waals surface area contributed by atoms with E-state index in [1.807, 2.05) is 30.3 Å². The van der Waals surface area contributed by atoms with Crippen LogP contribution in [0.1, 0.15) is 22.8 Å². The minimum atomic E-state index is -0.734. The second-order valence-corrected chi connectivity index (χ2v) is 5.40. The number of hydrogen-bond acceptors (Lipinski definition) is 4. The summed E-state index contributed by atoms with van der Waals surface area (Å²) >= 11 is 0. The minimum absolute atomic E-state index is 0.291. The summed E-state index contributed by atoms with van der Waals surface area (Å²) in [4.78, 5) is 37.1. The van der Waals surface area contributed by atoms with Gasteiger partial charge in [-0.05, 0) is 36.8 Å². The maximum Gasteiger partial charge on any atom is 0.338 e. The molecule has 0 spiro atoms. The maximum atomic E-state index is 12.2. The first kappa shape index (κ1) is 18.2. The standard InChI is InChI=1S/C19H20N2O4/c1-3-25-19(24)15-9-11-16(12-10-15)20-17(22)18(23)21(2)13-14-7-5-4-6-8-14/h4-12H,3,13H2,1-2H3,(H,20,22). The second-order valence-electron chi connectivity index (χ2n) is 5.40. The highest BCUT2D eigenvalue weighted by Crippen LogP contribution is 2.11. The van der Waals surface area contributed by atoms with Crippen LogP contribution in [0.3, 0.4) is 0 Å². The highest BCUT2D eigenvalue weighted by atomic mass is 16.5.